The molecular weight excluding hydrogens is 524 g/mol. The fourth-order valence-electron chi connectivity index (χ4n) is 4.39. The maximum atomic E-state index is 13.4. The summed E-state index contributed by atoms with van der Waals surface area (Å²) in [5.74, 6) is 2.03. The van der Waals surface area contributed by atoms with Crippen molar-refractivity contribution in [3.05, 3.63) is 59.7 Å². The molecule has 37 heavy (non-hydrogen) atoms. The smallest absolute Gasteiger partial charge is 0.380 e. The molecule has 5 nitrogen and oxygen atoms in total. The van der Waals surface area contributed by atoms with Crippen LogP contribution in [0.1, 0.15) is 30.4 Å². The number of nitrogens with zero attached hydrogens (tertiary/aromatic N) is 1. The number of anilines is 1. The number of aliphatic hydroxyl groups is 2. The molecule has 0 aliphatic carbocycles. The van der Waals surface area contributed by atoms with Gasteiger partial charge in [0, 0.05) is 24.3 Å². The molecule has 0 radical (unpaired) electrons. The number of terminal acetylenes is 1. The molecule has 1 saturated heterocycles. The van der Waals surface area contributed by atoms with Crippen molar-refractivity contribution in [2.24, 2.45) is 0 Å². The first-order valence-corrected chi connectivity index (χ1v) is 12.8. The average molecular weight is 550 g/mol. The lowest BCUT2D eigenvalue weighted by molar-refractivity contribution is -0.376. The lowest BCUT2D eigenvalue weighted by atomic mass is 9.89. The standard InChI is InChI=1S/C25H25F6NO4S/c1-2-19(33)10-8-17-16-18(23(34,24(26,27)28)25(29,30)31)9-11-22(17)32-14-12-21(13-15-32)37(35,36)20-6-4-3-5-7-20/h1,3-7,9,11,16,19,21,33-34H,8,10,12-15H2. The van der Waals surface area contributed by atoms with Gasteiger partial charge >= 0.3 is 12.4 Å². The largest absolute Gasteiger partial charge is 0.430 e. The summed E-state index contributed by atoms with van der Waals surface area (Å²) in [6.45, 7) is 0.340. The van der Waals surface area contributed by atoms with E-state index in [1.54, 1.807) is 23.1 Å². The number of hydrogen-bond acceptors (Lipinski definition) is 5. The van der Waals surface area contributed by atoms with E-state index in [9.17, 15) is 45.0 Å². The highest BCUT2D eigenvalue weighted by Crippen LogP contribution is 2.50. The van der Waals surface area contributed by atoms with Crippen molar-refractivity contribution in [3.63, 3.8) is 0 Å². The molecule has 0 saturated carbocycles. The molecule has 0 aromatic heterocycles. The van der Waals surface area contributed by atoms with Crippen LogP contribution in [0.2, 0.25) is 0 Å². The van der Waals surface area contributed by atoms with Crippen molar-refractivity contribution < 1.29 is 45.0 Å². The van der Waals surface area contributed by atoms with Gasteiger partial charge < -0.3 is 15.1 Å². The van der Waals surface area contributed by atoms with E-state index < -0.39 is 44.7 Å². The van der Waals surface area contributed by atoms with Gasteiger partial charge in [-0.3, -0.25) is 0 Å². The highest BCUT2D eigenvalue weighted by molar-refractivity contribution is 7.92. The quantitative estimate of drug-likeness (QED) is 0.396. The molecule has 1 unspecified atom stereocenters. The molecule has 2 aromatic carbocycles. The molecule has 1 aliphatic rings. The van der Waals surface area contributed by atoms with Crippen LogP contribution in [0.15, 0.2) is 53.4 Å². The van der Waals surface area contributed by atoms with Gasteiger partial charge in [-0.2, -0.15) is 26.3 Å². The number of rotatable bonds is 7. The number of hydrogen-bond donors (Lipinski definition) is 2. The Morgan fingerprint density at radius 2 is 1.57 bits per heavy atom. The Hall–Kier alpha value is -2.75. The van der Waals surface area contributed by atoms with Gasteiger partial charge in [0.15, 0.2) is 9.84 Å². The number of aryl methyl sites for hydroxylation is 1. The Morgan fingerprint density at radius 3 is 2.08 bits per heavy atom. The number of aliphatic hydroxyl groups excluding tert-OH is 1. The van der Waals surface area contributed by atoms with Gasteiger partial charge in [0.2, 0.25) is 0 Å². The summed E-state index contributed by atoms with van der Waals surface area (Å²) in [5, 5.41) is 18.8. The normalized spacial score (nSPS) is 16.9. The van der Waals surface area contributed by atoms with Crippen LogP contribution in [-0.2, 0) is 21.9 Å². The number of piperidine rings is 1. The van der Waals surface area contributed by atoms with E-state index >= 15 is 0 Å². The molecular formula is C25H25F6NO4S. The van der Waals surface area contributed by atoms with Crippen LogP contribution in [-0.4, -0.2) is 55.4 Å². The zero-order valence-corrected chi connectivity index (χ0v) is 20.2. The van der Waals surface area contributed by atoms with Crippen molar-refractivity contribution in [2.75, 3.05) is 18.0 Å². The van der Waals surface area contributed by atoms with Crippen LogP contribution >= 0.6 is 0 Å². The lowest BCUT2D eigenvalue weighted by Gasteiger charge is -2.36. The van der Waals surface area contributed by atoms with E-state index in [4.69, 9.17) is 6.42 Å². The molecule has 0 bridgehead atoms. The van der Waals surface area contributed by atoms with Crippen molar-refractivity contribution in [2.45, 2.75) is 59.9 Å². The summed E-state index contributed by atoms with van der Waals surface area (Å²) < 4.78 is 106. The molecule has 1 heterocycles. The molecule has 2 N–H and O–H groups in total. The van der Waals surface area contributed by atoms with E-state index in [1.807, 2.05) is 5.92 Å². The maximum Gasteiger partial charge on any atom is 0.430 e. The van der Waals surface area contributed by atoms with Gasteiger partial charge in [-0.15, -0.1) is 6.42 Å². The highest BCUT2D eigenvalue weighted by atomic mass is 32.2. The van der Waals surface area contributed by atoms with Crippen LogP contribution in [0.5, 0.6) is 0 Å². The molecule has 2 aromatic rings. The van der Waals surface area contributed by atoms with Gasteiger partial charge in [0.05, 0.1) is 10.1 Å². The molecule has 1 fully saturated rings. The predicted molar refractivity (Wildman–Crippen MR) is 124 cm³/mol. The summed E-state index contributed by atoms with van der Waals surface area (Å²) in [6, 6.07) is 10.1. The van der Waals surface area contributed by atoms with E-state index in [0.717, 1.165) is 6.07 Å². The molecule has 1 atom stereocenters. The Bertz CT molecular complexity index is 1220. The summed E-state index contributed by atoms with van der Waals surface area (Å²) in [4.78, 5) is 1.83. The predicted octanol–water partition coefficient (Wildman–Crippen LogP) is 4.37. The minimum absolute atomic E-state index is 0.00286. The fourth-order valence-corrected chi connectivity index (χ4v) is 6.15. The second-order valence-electron chi connectivity index (χ2n) is 8.82. The number of alkyl halides is 6. The SMILES string of the molecule is C#CC(O)CCc1cc(C(O)(C(F)(F)F)C(F)(F)F)ccc1N1CCC(S(=O)(=O)c2ccccc2)CC1. The Morgan fingerprint density at radius 1 is 1.00 bits per heavy atom. The Balaban J connectivity index is 1.94. The first-order valence-electron chi connectivity index (χ1n) is 11.3. The zero-order chi connectivity index (χ0) is 27.6. The van der Waals surface area contributed by atoms with Gasteiger partial charge in [-0.25, -0.2) is 8.42 Å². The van der Waals surface area contributed by atoms with E-state index in [2.05, 4.69) is 0 Å². The van der Waals surface area contributed by atoms with Crippen molar-refractivity contribution in [1.82, 2.24) is 0 Å². The van der Waals surface area contributed by atoms with Crippen molar-refractivity contribution in [1.29, 1.82) is 0 Å². The van der Waals surface area contributed by atoms with Crippen molar-refractivity contribution in [3.8, 4) is 12.3 Å². The van der Waals surface area contributed by atoms with Gasteiger partial charge in [0.1, 0.15) is 6.10 Å². The van der Waals surface area contributed by atoms with E-state index in [1.165, 1.54) is 12.1 Å². The topological polar surface area (TPSA) is 77.8 Å². The zero-order valence-electron chi connectivity index (χ0n) is 19.4. The third-order valence-corrected chi connectivity index (χ3v) is 8.77. The molecule has 0 amide bonds. The number of halogens is 6. The van der Waals surface area contributed by atoms with Crippen LogP contribution in [0.25, 0.3) is 0 Å². The summed E-state index contributed by atoms with van der Waals surface area (Å²) in [7, 11) is -3.63. The summed E-state index contributed by atoms with van der Waals surface area (Å²) in [6.07, 6.45) is -8.22. The van der Waals surface area contributed by atoms with Crippen LogP contribution in [0.4, 0.5) is 32.0 Å². The maximum absolute atomic E-state index is 13.4. The minimum atomic E-state index is -6.05. The first-order chi connectivity index (χ1) is 17.1. The first kappa shape index (κ1) is 28.8. The van der Waals surface area contributed by atoms with Gasteiger partial charge in [-0.1, -0.05) is 36.3 Å². The minimum Gasteiger partial charge on any atom is -0.380 e. The third kappa shape index (κ3) is 5.73. The fraction of sp³-hybridized carbons (Fsp3) is 0.440. The molecule has 0 spiro atoms. The molecule has 3 rings (SSSR count). The molecule has 1 aliphatic heterocycles. The summed E-state index contributed by atoms with van der Waals surface area (Å²) in [5.41, 5.74) is -6.24. The van der Waals surface area contributed by atoms with Crippen LogP contribution in [0, 0.1) is 12.3 Å². The lowest BCUT2D eigenvalue weighted by Crippen LogP contribution is -2.54. The molecule has 12 heteroatoms. The highest BCUT2D eigenvalue weighted by Gasteiger charge is 2.71. The summed E-state index contributed by atoms with van der Waals surface area (Å²) >= 11 is 0. The Labute approximate surface area is 210 Å². The van der Waals surface area contributed by atoms with Gasteiger partial charge in [-0.05, 0) is 49.4 Å². The molecule has 202 valence electrons. The monoisotopic (exact) mass is 549 g/mol. The average Bonchev–Trinajstić information content (AvgIpc) is 2.85. The second kappa shape index (κ2) is 10.6. The van der Waals surface area contributed by atoms with E-state index in [0.29, 0.717) is 12.1 Å². The Kier molecular flexibility index (Phi) is 8.22. The van der Waals surface area contributed by atoms with Crippen LogP contribution in [0.3, 0.4) is 0 Å². The number of sulfone groups is 1. The van der Waals surface area contributed by atoms with Crippen LogP contribution < -0.4 is 4.90 Å². The van der Waals surface area contributed by atoms with E-state index in [-0.39, 0.29) is 54.9 Å². The number of benzene rings is 2. The van der Waals surface area contributed by atoms with Crippen molar-refractivity contribution >= 4 is 15.5 Å². The second-order valence-corrected chi connectivity index (χ2v) is 11.0. The van der Waals surface area contributed by atoms with Gasteiger partial charge in [0.25, 0.3) is 5.60 Å². The third-order valence-electron chi connectivity index (χ3n) is 6.49.